The molecule has 11 heteroatoms. The molecule has 9 nitrogen and oxygen atoms in total. The van der Waals surface area contributed by atoms with Crippen molar-refractivity contribution >= 4 is 43.4 Å². The van der Waals surface area contributed by atoms with Crippen LogP contribution in [0.25, 0.3) is 48.2 Å². The van der Waals surface area contributed by atoms with Gasteiger partial charge in [-0.2, -0.15) is 10.2 Å². The number of rotatable bonds is 2. The standard InChI is InChI=1S/C20H12FN7O2S/c1-27-17-9(6-24-27)5-22-8-14(17)28-19(29)18-13(25-20(28)30)4-15(31-18)16-10-7-23-26-12(10)3-2-11(16)21/h2-8H,1H3,(H,23,26)(H,25,30). The van der Waals surface area contributed by atoms with Crippen molar-refractivity contribution in [1.29, 1.82) is 0 Å². The molecule has 1 aromatic carbocycles. The molecule has 5 heterocycles. The van der Waals surface area contributed by atoms with E-state index in [2.05, 4.69) is 25.3 Å². The van der Waals surface area contributed by atoms with Crippen LogP contribution in [0.4, 0.5) is 4.39 Å². The highest BCUT2D eigenvalue weighted by Gasteiger charge is 2.19. The van der Waals surface area contributed by atoms with Crippen molar-refractivity contribution in [2.24, 2.45) is 7.05 Å². The van der Waals surface area contributed by atoms with Gasteiger partial charge >= 0.3 is 5.69 Å². The number of pyridine rings is 1. The van der Waals surface area contributed by atoms with Crippen LogP contribution in [0.1, 0.15) is 0 Å². The average Bonchev–Trinajstić information content (AvgIpc) is 3.47. The van der Waals surface area contributed by atoms with E-state index in [0.29, 0.717) is 48.2 Å². The van der Waals surface area contributed by atoms with Gasteiger partial charge in [0.1, 0.15) is 10.5 Å². The second kappa shape index (κ2) is 6.19. The minimum Gasteiger partial charge on any atom is -0.306 e. The van der Waals surface area contributed by atoms with E-state index in [0.717, 1.165) is 15.9 Å². The molecule has 0 bridgehead atoms. The van der Waals surface area contributed by atoms with Crippen LogP contribution in [0.15, 0.2) is 52.6 Å². The van der Waals surface area contributed by atoms with Crippen molar-refractivity contribution in [3.05, 3.63) is 69.6 Å². The smallest absolute Gasteiger partial charge is 0.306 e. The number of aryl methyl sites for hydroxylation is 1. The minimum atomic E-state index is -0.612. The average molecular weight is 433 g/mol. The maximum Gasteiger partial charge on any atom is 0.333 e. The normalized spacial score (nSPS) is 11.8. The van der Waals surface area contributed by atoms with Gasteiger partial charge in [-0.15, -0.1) is 11.3 Å². The predicted molar refractivity (Wildman–Crippen MR) is 115 cm³/mol. The first-order valence-corrected chi connectivity index (χ1v) is 10.0. The van der Waals surface area contributed by atoms with E-state index in [1.807, 2.05) is 0 Å². The lowest BCUT2D eigenvalue weighted by Crippen LogP contribution is -2.33. The quantitative estimate of drug-likeness (QED) is 0.436. The van der Waals surface area contributed by atoms with Crippen LogP contribution in [-0.4, -0.2) is 34.5 Å². The molecule has 6 aromatic rings. The summed E-state index contributed by atoms with van der Waals surface area (Å²) < 4.78 is 17.6. The Morgan fingerprint density at radius 1 is 1.10 bits per heavy atom. The fourth-order valence-electron chi connectivity index (χ4n) is 3.87. The van der Waals surface area contributed by atoms with Crippen LogP contribution < -0.4 is 11.2 Å². The molecule has 0 amide bonds. The van der Waals surface area contributed by atoms with Gasteiger partial charge in [-0.1, -0.05) is 0 Å². The molecule has 0 aliphatic heterocycles. The van der Waals surface area contributed by atoms with Gasteiger partial charge in [-0.05, 0) is 18.2 Å². The molecule has 5 aromatic heterocycles. The van der Waals surface area contributed by atoms with Crippen LogP contribution in [0.2, 0.25) is 0 Å². The van der Waals surface area contributed by atoms with Gasteiger partial charge in [0.25, 0.3) is 5.56 Å². The fraction of sp³-hybridized carbons (Fsp3) is 0.0500. The number of nitrogens with zero attached hydrogens (tertiary/aromatic N) is 5. The third-order valence-corrected chi connectivity index (χ3v) is 6.40. The summed E-state index contributed by atoms with van der Waals surface area (Å²) in [6.45, 7) is 0. The Bertz CT molecular complexity index is 1770. The maximum absolute atomic E-state index is 14.7. The first kappa shape index (κ1) is 17.7. The van der Waals surface area contributed by atoms with Crippen molar-refractivity contribution < 1.29 is 4.39 Å². The third-order valence-electron chi connectivity index (χ3n) is 5.25. The van der Waals surface area contributed by atoms with E-state index >= 15 is 0 Å². The minimum absolute atomic E-state index is 0.300. The van der Waals surface area contributed by atoms with E-state index in [9.17, 15) is 14.0 Å². The lowest BCUT2D eigenvalue weighted by atomic mass is 10.1. The molecule has 0 aliphatic carbocycles. The number of aromatic nitrogens is 7. The Labute approximate surface area is 175 Å². The van der Waals surface area contributed by atoms with Gasteiger partial charge in [-0.25, -0.2) is 13.8 Å². The van der Waals surface area contributed by atoms with Crippen molar-refractivity contribution in [3.63, 3.8) is 0 Å². The van der Waals surface area contributed by atoms with E-state index in [4.69, 9.17) is 0 Å². The number of thiophene rings is 1. The molecule has 0 saturated carbocycles. The van der Waals surface area contributed by atoms with Crippen molar-refractivity contribution in [2.75, 3.05) is 0 Å². The molecule has 0 spiro atoms. The van der Waals surface area contributed by atoms with Crippen LogP contribution in [0.5, 0.6) is 0 Å². The molecular formula is C20H12FN7O2S. The van der Waals surface area contributed by atoms with E-state index in [-0.39, 0.29) is 0 Å². The molecule has 0 unspecified atom stereocenters. The summed E-state index contributed by atoms with van der Waals surface area (Å²) in [5.41, 5.74) is 1.15. The number of hydrogen-bond donors (Lipinski definition) is 2. The van der Waals surface area contributed by atoms with Gasteiger partial charge in [0.15, 0.2) is 0 Å². The lowest BCUT2D eigenvalue weighted by Gasteiger charge is -2.06. The number of benzene rings is 1. The largest absolute Gasteiger partial charge is 0.333 e. The molecule has 31 heavy (non-hydrogen) atoms. The zero-order valence-corrected chi connectivity index (χ0v) is 16.7. The lowest BCUT2D eigenvalue weighted by molar-refractivity contribution is 0.633. The summed E-state index contributed by atoms with van der Waals surface area (Å²) in [6.07, 6.45) is 6.21. The van der Waals surface area contributed by atoms with Crippen molar-refractivity contribution in [2.45, 2.75) is 0 Å². The Morgan fingerprint density at radius 3 is 2.84 bits per heavy atom. The van der Waals surface area contributed by atoms with Gasteiger partial charge in [-0.3, -0.25) is 19.6 Å². The number of H-pyrrole nitrogens is 2. The number of halogens is 1. The number of aromatic amines is 2. The molecule has 6 rings (SSSR count). The third kappa shape index (κ3) is 2.43. The monoisotopic (exact) mass is 433 g/mol. The van der Waals surface area contributed by atoms with Gasteiger partial charge in [0.05, 0.1) is 40.8 Å². The first-order chi connectivity index (χ1) is 15.0. The van der Waals surface area contributed by atoms with Crippen LogP contribution in [0.3, 0.4) is 0 Å². The second-order valence-electron chi connectivity index (χ2n) is 7.04. The summed E-state index contributed by atoms with van der Waals surface area (Å²) in [5.74, 6) is -0.438. The van der Waals surface area contributed by atoms with E-state index in [1.54, 1.807) is 36.3 Å². The van der Waals surface area contributed by atoms with Crippen LogP contribution in [0, 0.1) is 5.82 Å². The number of fused-ring (bicyclic) bond motifs is 3. The van der Waals surface area contributed by atoms with Gasteiger partial charge in [0.2, 0.25) is 0 Å². The highest BCUT2D eigenvalue weighted by molar-refractivity contribution is 7.22. The Kier molecular flexibility index (Phi) is 3.54. The predicted octanol–water partition coefficient (Wildman–Crippen LogP) is 2.70. The molecule has 0 saturated heterocycles. The highest BCUT2D eigenvalue weighted by atomic mass is 32.1. The summed E-state index contributed by atoms with van der Waals surface area (Å²) >= 11 is 1.11. The van der Waals surface area contributed by atoms with Gasteiger partial charge in [0, 0.05) is 34.5 Å². The van der Waals surface area contributed by atoms with E-state index in [1.165, 1.54) is 18.5 Å². The Hall–Kier alpha value is -4.12. The molecule has 0 fully saturated rings. The SMILES string of the molecule is Cn1ncc2cncc(-n3c(=O)[nH]c4cc(-c5c(F)ccc6[nH]ncc56)sc4c3=O)c21. The summed E-state index contributed by atoms with van der Waals surface area (Å²) in [4.78, 5) is 33.6. The second-order valence-corrected chi connectivity index (χ2v) is 8.09. The van der Waals surface area contributed by atoms with Crippen LogP contribution >= 0.6 is 11.3 Å². The molecule has 152 valence electrons. The molecule has 0 atom stereocenters. The Balaban J connectivity index is 1.66. The highest BCUT2D eigenvalue weighted by Crippen LogP contribution is 2.36. The topological polar surface area (TPSA) is 114 Å². The maximum atomic E-state index is 14.7. The Morgan fingerprint density at radius 2 is 1.97 bits per heavy atom. The van der Waals surface area contributed by atoms with Gasteiger partial charge < -0.3 is 4.98 Å². The zero-order chi connectivity index (χ0) is 21.3. The number of nitrogens with one attached hydrogen (secondary N) is 2. The number of hydrogen-bond acceptors (Lipinski definition) is 6. The molecule has 0 aliphatic rings. The zero-order valence-electron chi connectivity index (χ0n) is 15.9. The van der Waals surface area contributed by atoms with Crippen LogP contribution in [-0.2, 0) is 7.05 Å². The first-order valence-electron chi connectivity index (χ1n) is 9.20. The van der Waals surface area contributed by atoms with E-state index < -0.39 is 17.1 Å². The summed E-state index contributed by atoms with van der Waals surface area (Å²) in [6, 6.07) is 4.56. The fourth-order valence-corrected chi connectivity index (χ4v) is 4.97. The molecule has 2 N–H and O–H groups in total. The molecule has 0 radical (unpaired) electrons. The van der Waals surface area contributed by atoms with Crippen molar-refractivity contribution in [1.82, 2.24) is 34.5 Å². The summed E-state index contributed by atoms with van der Waals surface area (Å²) in [5, 5.41) is 12.3. The van der Waals surface area contributed by atoms with Crippen molar-refractivity contribution in [3.8, 4) is 16.1 Å². The molecular weight excluding hydrogens is 421 g/mol. The summed E-state index contributed by atoms with van der Waals surface area (Å²) in [7, 11) is 1.72.